The van der Waals surface area contributed by atoms with Gasteiger partial charge in [0.2, 0.25) is 0 Å². The van der Waals surface area contributed by atoms with Gasteiger partial charge in [-0.2, -0.15) is 0 Å². The number of hydroxylamine groups is 2. The molecule has 1 rings (SSSR count). The number of carbonyl (C=O) groups excluding carboxylic acids is 1. The molecule has 0 bridgehead atoms. The molecule has 0 saturated heterocycles. The average molecular weight is 239 g/mol. The molecule has 0 spiro atoms. The SMILES string of the molecule is CCCN(C)C(=O)C1=CC(C)(C)N([O])C1(C)C. The zero-order chi connectivity index (χ0) is 13.4. The fourth-order valence-corrected chi connectivity index (χ4v) is 2.38. The number of nitrogens with zero attached hydrogens (tertiary/aromatic N) is 2. The van der Waals surface area contributed by atoms with Crippen LogP contribution >= 0.6 is 0 Å². The molecule has 0 aromatic heterocycles. The van der Waals surface area contributed by atoms with Crippen LogP contribution in [0.3, 0.4) is 0 Å². The van der Waals surface area contributed by atoms with Crippen molar-refractivity contribution in [2.45, 2.75) is 52.1 Å². The molecule has 1 radical (unpaired) electrons. The standard InChI is InChI=1S/C13H23N2O2/c1-7-8-14(6)11(16)10-9-12(2,3)15(17)13(10,4)5/h9H,7-8H2,1-6H3. The molecule has 0 fully saturated rings. The van der Waals surface area contributed by atoms with Crippen molar-refractivity contribution in [3.8, 4) is 0 Å². The van der Waals surface area contributed by atoms with Crippen LogP contribution in [0.4, 0.5) is 0 Å². The van der Waals surface area contributed by atoms with E-state index < -0.39 is 11.1 Å². The maximum absolute atomic E-state index is 12.3. The van der Waals surface area contributed by atoms with E-state index in [2.05, 4.69) is 0 Å². The van der Waals surface area contributed by atoms with Gasteiger partial charge in [0.15, 0.2) is 0 Å². The van der Waals surface area contributed by atoms with Gasteiger partial charge in [0.1, 0.15) is 0 Å². The van der Waals surface area contributed by atoms with Crippen LogP contribution in [-0.2, 0) is 10.0 Å². The molecule has 17 heavy (non-hydrogen) atoms. The molecule has 97 valence electrons. The molecule has 4 nitrogen and oxygen atoms in total. The van der Waals surface area contributed by atoms with Crippen molar-refractivity contribution in [3.05, 3.63) is 11.6 Å². The van der Waals surface area contributed by atoms with Crippen molar-refractivity contribution in [2.24, 2.45) is 0 Å². The van der Waals surface area contributed by atoms with Crippen LogP contribution in [0, 0.1) is 0 Å². The summed E-state index contributed by atoms with van der Waals surface area (Å²) in [6, 6.07) is 0. The Balaban J connectivity index is 3.02. The molecule has 0 unspecified atom stereocenters. The fraction of sp³-hybridized carbons (Fsp3) is 0.769. The summed E-state index contributed by atoms with van der Waals surface area (Å²) in [6.45, 7) is 10.0. The molecule has 1 amide bonds. The van der Waals surface area contributed by atoms with E-state index in [0.29, 0.717) is 12.1 Å². The summed E-state index contributed by atoms with van der Waals surface area (Å²) in [5, 5.41) is 13.1. The normalized spacial score (nSPS) is 22.4. The van der Waals surface area contributed by atoms with Gasteiger partial charge in [-0.3, -0.25) is 4.79 Å². The van der Waals surface area contributed by atoms with Crippen LogP contribution in [0.5, 0.6) is 0 Å². The van der Waals surface area contributed by atoms with E-state index in [0.717, 1.165) is 11.5 Å². The molecule has 1 aliphatic rings. The van der Waals surface area contributed by atoms with Crippen LogP contribution < -0.4 is 0 Å². The Labute approximate surface area is 104 Å². The van der Waals surface area contributed by atoms with Crippen molar-refractivity contribution >= 4 is 5.91 Å². The second-order valence-corrected chi connectivity index (χ2v) is 5.79. The van der Waals surface area contributed by atoms with Gasteiger partial charge < -0.3 is 4.90 Å². The Bertz CT molecular complexity index is 345. The topological polar surface area (TPSA) is 43.5 Å². The lowest BCUT2D eigenvalue weighted by Gasteiger charge is -2.34. The van der Waals surface area contributed by atoms with E-state index in [9.17, 15) is 10.0 Å². The maximum Gasteiger partial charge on any atom is 0.251 e. The lowest BCUT2D eigenvalue weighted by molar-refractivity contribution is -0.238. The van der Waals surface area contributed by atoms with Crippen molar-refractivity contribution < 1.29 is 10.0 Å². The van der Waals surface area contributed by atoms with Crippen molar-refractivity contribution in [3.63, 3.8) is 0 Å². The third-order valence-corrected chi connectivity index (χ3v) is 3.32. The molecule has 1 aliphatic heterocycles. The molecule has 0 aliphatic carbocycles. The Morgan fingerprint density at radius 1 is 1.35 bits per heavy atom. The highest BCUT2D eigenvalue weighted by molar-refractivity contribution is 5.96. The zero-order valence-electron chi connectivity index (χ0n) is 11.7. The third kappa shape index (κ3) is 2.38. The van der Waals surface area contributed by atoms with Crippen LogP contribution in [0.2, 0.25) is 0 Å². The third-order valence-electron chi connectivity index (χ3n) is 3.32. The van der Waals surface area contributed by atoms with Gasteiger partial charge in [-0.25, -0.2) is 0 Å². The maximum atomic E-state index is 12.3. The molecular formula is C13H23N2O2. The van der Waals surface area contributed by atoms with Gasteiger partial charge in [0.25, 0.3) is 5.91 Å². The van der Waals surface area contributed by atoms with E-state index in [1.165, 1.54) is 0 Å². The number of amides is 1. The average Bonchev–Trinajstić information content (AvgIpc) is 2.38. The lowest BCUT2D eigenvalue weighted by Crippen LogP contribution is -2.48. The minimum absolute atomic E-state index is 0.0386. The molecule has 0 saturated carbocycles. The van der Waals surface area contributed by atoms with Crippen LogP contribution in [-0.4, -0.2) is 40.5 Å². The molecule has 1 heterocycles. The van der Waals surface area contributed by atoms with Gasteiger partial charge in [0, 0.05) is 19.2 Å². The van der Waals surface area contributed by atoms with Gasteiger partial charge in [-0.05, 0) is 34.1 Å². The Kier molecular flexibility index (Phi) is 3.69. The molecular weight excluding hydrogens is 216 g/mol. The number of hydrogen-bond acceptors (Lipinski definition) is 2. The highest BCUT2D eigenvalue weighted by Crippen LogP contribution is 2.39. The minimum atomic E-state index is -0.747. The number of rotatable bonds is 3. The lowest BCUT2D eigenvalue weighted by atomic mass is 9.95. The zero-order valence-corrected chi connectivity index (χ0v) is 11.7. The first-order chi connectivity index (χ1) is 7.64. The summed E-state index contributed by atoms with van der Waals surface area (Å²) in [5.74, 6) is -0.0386. The smallest absolute Gasteiger partial charge is 0.251 e. The molecule has 0 N–H and O–H groups in total. The van der Waals surface area contributed by atoms with E-state index in [1.807, 2.05) is 20.8 Å². The van der Waals surface area contributed by atoms with Gasteiger partial charge in [-0.15, -0.1) is 10.3 Å². The van der Waals surface area contributed by atoms with Gasteiger partial charge >= 0.3 is 0 Å². The molecule has 0 atom stereocenters. The largest absolute Gasteiger partial charge is 0.342 e. The quantitative estimate of drug-likeness (QED) is 0.756. The Hall–Kier alpha value is -0.870. The summed E-state index contributed by atoms with van der Waals surface area (Å²) in [4.78, 5) is 14.0. The summed E-state index contributed by atoms with van der Waals surface area (Å²) < 4.78 is 0. The molecule has 0 aromatic carbocycles. The van der Waals surface area contributed by atoms with Crippen LogP contribution in [0.15, 0.2) is 11.6 Å². The number of likely N-dealkylation sites (N-methyl/N-ethyl adjacent to an activating group) is 1. The second-order valence-electron chi connectivity index (χ2n) is 5.79. The second kappa shape index (κ2) is 4.42. The van der Waals surface area contributed by atoms with E-state index >= 15 is 0 Å². The van der Waals surface area contributed by atoms with E-state index in [4.69, 9.17) is 0 Å². The summed E-state index contributed by atoms with van der Waals surface area (Å²) in [7, 11) is 1.78. The van der Waals surface area contributed by atoms with E-state index in [-0.39, 0.29) is 5.91 Å². The molecule has 4 heteroatoms. The Morgan fingerprint density at radius 2 is 1.88 bits per heavy atom. The van der Waals surface area contributed by atoms with E-state index in [1.54, 1.807) is 31.9 Å². The predicted octanol–water partition coefficient (Wildman–Crippen LogP) is 2.00. The minimum Gasteiger partial charge on any atom is -0.342 e. The Morgan fingerprint density at radius 3 is 2.24 bits per heavy atom. The highest BCUT2D eigenvalue weighted by atomic mass is 16.5. The van der Waals surface area contributed by atoms with Gasteiger partial charge in [-0.1, -0.05) is 13.0 Å². The fourth-order valence-electron chi connectivity index (χ4n) is 2.38. The van der Waals surface area contributed by atoms with Crippen molar-refractivity contribution in [2.75, 3.05) is 13.6 Å². The number of hydrogen-bond donors (Lipinski definition) is 0. The van der Waals surface area contributed by atoms with Gasteiger partial charge in [0.05, 0.1) is 11.1 Å². The first kappa shape index (κ1) is 14.2. The first-order valence-electron chi connectivity index (χ1n) is 6.11. The van der Waals surface area contributed by atoms with Crippen molar-refractivity contribution in [1.82, 2.24) is 9.96 Å². The predicted molar refractivity (Wildman–Crippen MR) is 66.7 cm³/mol. The number of carbonyl (C=O) groups is 1. The first-order valence-corrected chi connectivity index (χ1v) is 6.11. The van der Waals surface area contributed by atoms with Crippen molar-refractivity contribution in [1.29, 1.82) is 0 Å². The van der Waals surface area contributed by atoms with Crippen LogP contribution in [0.1, 0.15) is 41.0 Å². The monoisotopic (exact) mass is 239 g/mol. The van der Waals surface area contributed by atoms with Crippen LogP contribution in [0.25, 0.3) is 0 Å². The molecule has 0 aromatic rings. The summed E-state index contributed by atoms with van der Waals surface area (Å²) in [6.07, 6.45) is 2.72. The summed E-state index contributed by atoms with van der Waals surface area (Å²) >= 11 is 0. The summed E-state index contributed by atoms with van der Waals surface area (Å²) in [5.41, 5.74) is -0.752. The highest BCUT2D eigenvalue weighted by Gasteiger charge is 2.49.